The molecule has 0 aromatic carbocycles. The number of likely N-dealkylation sites (tertiary alicyclic amines) is 1. The van der Waals surface area contributed by atoms with Gasteiger partial charge in [-0.05, 0) is 0 Å². The van der Waals surface area contributed by atoms with E-state index in [1.165, 1.54) is 11.9 Å². The van der Waals surface area contributed by atoms with Crippen molar-refractivity contribution < 1.29 is 14.7 Å². The van der Waals surface area contributed by atoms with Crippen LogP contribution in [0.4, 0.5) is 0 Å². The molecular formula is C5H7NO3. The first-order valence-electron chi connectivity index (χ1n) is 2.61. The summed E-state index contributed by atoms with van der Waals surface area (Å²) in [6.07, 6.45) is 0.159. The molecule has 1 heterocycles. The molecule has 1 aliphatic heterocycles. The van der Waals surface area contributed by atoms with E-state index in [1.807, 2.05) is 0 Å². The molecule has 1 fully saturated rings. The third kappa shape index (κ3) is 0.759. The Balaban J connectivity index is 2.51. The average molecular weight is 129 g/mol. The Morgan fingerprint density at radius 2 is 2.44 bits per heavy atom. The number of aliphatic carboxylic acids is 1. The highest BCUT2D eigenvalue weighted by Crippen LogP contribution is 2.15. The normalized spacial score (nSPS) is 25.7. The van der Waals surface area contributed by atoms with E-state index in [0.717, 1.165) is 0 Å². The molecule has 4 nitrogen and oxygen atoms in total. The van der Waals surface area contributed by atoms with E-state index in [4.69, 9.17) is 5.11 Å². The third-order valence-electron chi connectivity index (χ3n) is 1.51. The largest absolute Gasteiger partial charge is 0.480 e. The molecule has 0 unspecified atom stereocenters. The molecule has 1 atom stereocenters. The fourth-order valence-electron chi connectivity index (χ4n) is 0.761. The van der Waals surface area contributed by atoms with Crippen LogP contribution in [-0.2, 0) is 9.59 Å². The van der Waals surface area contributed by atoms with Gasteiger partial charge >= 0.3 is 5.97 Å². The molecule has 4 heteroatoms. The van der Waals surface area contributed by atoms with Crippen molar-refractivity contribution in [1.29, 1.82) is 0 Å². The van der Waals surface area contributed by atoms with Gasteiger partial charge in [0.1, 0.15) is 6.04 Å². The maximum absolute atomic E-state index is 10.4. The molecular weight excluding hydrogens is 122 g/mol. The van der Waals surface area contributed by atoms with Crippen LogP contribution in [0, 0.1) is 0 Å². The summed E-state index contributed by atoms with van der Waals surface area (Å²) in [5.74, 6) is -1.01. The van der Waals surface area contributed by atoms with Crippen LogP contribution in [0.2, 0.25) is 0 Å². The van der Waals surface area contributed by atoms with Crippen molar-refractivity contribution in [2.75, 3.05) is 7.05 Å². The summed E-state index contributed by atoms with van der Waals surface area (Å²) in [5.41, 5.74) is 0. The Labute approximate surface area is 52.1 Å². The zero-order valence-corrected chi connectivity index (χ0v) is 5.00. The van der Waals surface area contributed by atoms with E-state index < -0.39 is 12.0 Å². The number of carbonyl (C=O) groups excluding carboxylic acids is 1. The second kappa shape index (κ2) is 1.72. The van der Waals surface area contributed by atoms with E-state index in [9.17, 15) is 9.59 Å². The first-order valence-corrected chi connectivity index (χ1v) is 2.61. The Morgan fingerprint density at radius 1 is 1.89 bits per heavy atom. The number of carboxylic acids is 1. The summed E-state index contributed by atoms with van der Waals surface area (Å²) in [5, 5.41) is 8.33. The highest BCUT2D eigenvalue weighted by molar-refractivity contribution is 5.93. The minimum absolute atomic E-state index is 0.0950. The van der Waals surface area contributed by atoms with Gasteiger partial charge < -0.3 is 10.0 Å². The highest BCUT2D eigenvalue weighted by atomic mass is 16.4. The van der Waals surface area contributed by atoms with Crippen LogP contribution in [-0.4, -0.2) is 35.0 Å². The van der Waals surface area contributed by atoms with Gasteiger partial charge in [0.05, 0.1) is 6.42 Å². The predicted molar refractivity (Wildman–Crippen MR) is 28.8 cm³/mol. The van der Waals surface area contributed by atoms with Gasteiger partial charge in [0.15, 0.2) is 0 Å². The quantitative estimate of drug-likeness (QED) is 0.476. The van der Waals surface area contributed by atoms with Crippen LogP contribution in [0.1, 0.15) is 6.42 Å². The molecule has 0 spiro atoms. The molecule has 0 aliphatic carbocycles. The maximum Gasteiger partial charge on any atom is 0.326 e. The van der Waals surface area contributed by atoms with Gasteiger partial charge in [-0.25, -0.2) is 4.79 Å². The lowest BCUT2D eigenvalue weighted by molar-refractivity contribution is -0.160. The van der Waals surface area contributed by atoms with Crippen LogP contribution < -0.4 is 0 Å². The van der Waals surface area contributed by atoms with E-state index in [1.54, 1.807) is 0 Å². The van der Waals surface area contributed by atoms with Crippen molar-refractivity contribution in [3.8, 4) is 0 Å². The number of β-lactam (4-membered cyclic amide) rings is 1. The first-order chi connectivity index (χ1) is 4.13. The van der Waals surface area contributed by atoms with Gasteiger partial charge in [-0.1, -0.05) is 0 Å². The number of hydrogen-bond donors (Lipinski definition) is 1. The van der Waals surface area contributed by atoms with Crippen LogP contribution in [0.15, 0.2) is 0 Å². The van der Waals surface area contributed by atoms with Crippen molar-refractivity contribution >= 4 is 11.9 Å². The van der Waals surface area contributed by atoms with Crippen LogP contribution >= 0.6 is 0 Å². The van der Waals surface area contributed by atoms with Crippen LogP contribution in [0.25, 0.3) is 0 Å². The molecule has 1 saturated heterocycles. The summed E-state index contributed by atoms with van der Waals surface area (Å²) < 4.78 is 0. The average Bonchev–Trinajstić information content (AvgIpc) is 1.81. The Hall–Kier alpha value is -1.06. The number of carbonyl (C=O) groups is 2. The lowest BCUT2D eigenvalue weighted by atomic mass is 10.0. The van der Waals surface area contributed by atoms with Gasteiger partial charge in [0, 0.05) is 7.05 Å². The zero-order valence-electron chi connectivity index (χ0n) is 5.00. The molecule has 1 rings (SSSR count). The molecule has 0 aromatic heterocycles. The summed E-state index contributed by atoms with van der Waals surface area (Å²) in [7, 11) is 1.49. The Morgan fingerprint density at radius 3 is 2.56 bits per heavy atom. The van der Waals surface area contributed by atoms with E-state index in [0.29, 0.717) is 0 Å². The van der Waals surface area contributed by atoms with E-state index >= 15 is 0 Å². The minimum Gasteiger partial charge on any atom is -0.480 e. The van der Waals surface area contributed by atoms with Crippen molar-refractivity contribution in [1.82, 2.24) is 4.90 Å². The first kappa shape index (κ1) is 6.07. The number of nitrogens with zero attached hydrogens (tertiary/aromatic N) is 1. The molecule has 0 bridgehead atoms. The summed E-state index contributed by atoms with van der Waals surface area (Å²) in [4.78, 5) is 21.8. The predicted octanol–water partition coefficient (Wildman–Crippen LogP) is -0.698. The smallest absolute Gasteiger partial charge is 0.326 e. The lowest BCUT2D eigenvalue weighted by Crippen LogP contribution is -2.54. The van der Waals surface area contributed by atoms with Crippen LogP contribution in [0.5, 0.6) is 0 Å². The van der Waals surface area contributed by atoms with Crippen molar-refractivity contribution in [2.24, 2.45) is 0 Å². The minimum atomic E-state index is -0.919. The van der Waals surface area contributed by atoms with Crippen molar-refractivity contribution in [3.05, 3.63) is 0 Å². The highest BCUT2D eigenvalue weighted by Gasteiger charge is 2.38. The molecule has 0 radical (unpaired) electrons. The SMILES string of the molecule is CN1C(=O)C[C@H]1C(=O)O. The van der Waals surface area contributed by atoms with Gasteiger partial charge in [0.25, 0.3) is 0 Å². The lowest BCUT2D eigenvalue weighted by Gasteiger charge is -2.33. The number of amides is 1. The molecule has 1 N–H and O–H groups in total. The van der Waals surface area contributed by atoms with E-state index in [-0.39, 0.29) is 12.3 Å². The molecule has 0 aromatic rings. The number of likely N-dealkylation sites (N-methyl/N-ethyl adjacent to an activating group) is 1. The monoisotopic (exact) mass is 129 g/mol. The van der Waals surface area contributed by atoms with Crippen molar-refractivity contribution in [3.63, 3.8) is 0 Å². The second-order valence-electron chi connectivity index (χ2n) is 2.06. The molecule has 50 valence electrons. The Kier molecular flexibility index (Phi) is 1.16. The van der Waals surface area contributed by atoms with Crippen LogP contribution in [0.3, 0.4) is 0 Å². The molecule has 0 saturated carbocycles. The molecule has 9 heavy (non-hydrogen) atoms. The van der Waals surface area contributed by atoms with Gasteiger partial charge in [-0.3, -0.25) is 4.79 Å². The Bertz CT molecular complexity index is 166. The standard InChI is InChI=1S/C5H7NO3/c1-6-3(5(8)9)2-4(6)7/h3H,2H2,1H3,(H,8,9)/t3-/m0/s1. The summed E-state index contributed by atoms with van der Waals surface area (Å²) >= 11 is 0. The maximum atomic E-state index is 10.4. The van der Waals surface area contributed by atoms with E-state index in [2.05, 4.69) is 0 Å². The summed E-state index contributed by atoms with van der Waals surface area (Å²) in [6.45, 7) is 0. The van der Waals surface area contributed by atoms with Gasteiger partial charge in [-0.15, -0.1) is 0 Å². The zero-order chi connectivity index (χ0) is 7.02. The topological polar surface area (TPSA) is 57.6 Å². The fraction of sp³-hybridized carbons (Fsp3) is 0.600. The number of rotatable bonds is 1. The fourth-order valence-corrected chi connectivity index (χ4v) is 0.761. The van der Waals surface area contributed by atoms with Gasteiger partial charge in [-0.2, -0.15) is 0 Å². The summed E-state index contributed by atoms with van der Waals surface area (Å²) in [6, 6.07) is -0.572. The van der Waals surface area contributed by atoms with Crippen molar-refractivity contribution in [2.45, 2.75) is 12.5 Å². The molecule has 1 amide bonds. The molecule has 1 aliphatic rings. The third-order valence-corrected chi connectivity index (χ3v) is 1.51. The van der Waals surface area contributed by atoms with Gasteiger partial charge in [0.2, 0.25) is 5.91 Å². The number of carboxylic acid groups (broad SMARTS) is 1. The second-order valence-corrected chi connectivity index (χ2v) is 2.06. The number of hydrogen-bond acceptors (Lipinski definition) is 2.